The highest BCUT2D eigenvalue weighted by Crippen LogP contribution is 2.24. The molecule has 0 atom stereocenters. The van der Waals surface area contributed by atoms with E-state index in [4.69, 9.17) is 10.5 Å². The molecule has 0 saturated carbocycles. The van der Waals surface area contributed by atoms with Gasteiger partial charge in [0.25, 0.3) is 5.91 Å². The number of amides is 1. The number of hydrogen-bond acceptors (Lipinski definition) is 6. The van der Waals surface area contributed by atoms with Crippen molar-refractivity contribution >= 4 is 17.7 Å². The Labute approximate surface area is 123 Å². The van der Waals surface area contributed by atoms with Crippen LogP contribution >= 0.6 is 0 Å². The molecular weight excluding hydrogens is 272 g/mol. The molecule has 0 bridgehead atoms. The summed E-state index contributed by atoms with van der Waals surface area (Å²) in [4.78, 5) is 32.5. The van der Waals surface area contributed by atoms with Crippen LogP contribution in [0.25, 0.3) is 0 Å². The van der Waals surface area contributed by atoms with Crippen molar-refractivity contribution in [3.05, 3.63) is 18.6 Å². The van der Waals surface area contributed by atoms with Crippen molar-refractivity contribution < 1.29 is 14.3 Å². The van der Waals surface area contributed by atoms with E-state index in [1.54, 1.807) is 18.6 Å². The standard InChI is InChI=1S/C14H20N4O3/c15-12(19)10-21-14(20)2-1-11-3-7-18(8-4-11)13-9-16-5-6-17-13/h5-6,9,11H,1-4,7-8,10H2,(H2,15,19). The molecule has 7 heteroatoms. The molecule has 114 valence electrons. The van der Waals surface area contributed by atoms with Gasteiger partial charge in [-0.1, -0.05) is 0 Å². The van der Waals surface area contributed by atoms with Crippen LogP contribution in [-0.2, 0) is 14.3 Å². The second kappa shape index (κ2) is 7.56. The number of anilines is 1. The fourth-order valence-corrected chi connectivity index (χ4v) is 2.45. The number of hydrogen-bond donors (Lipinski definition) is 1. The van der Waals surface area contributed by atoms with E-state index in [9.17, 15) is 9.59 Å². The number of rotatable bonds is 6. The number of esters is 1. The molecule has 1 fully saturated rings. The zero-order valence-electron chi connectivity index (χ0n) is 11.9. The second-order valence-corrected chi connectivity index (χ2v) is 5.16. The summed E-state index contributed by atoms with van der Waals surface area (Å²) in [6.45, 7) is 1.50. The van der Waals surface area contributed by atoms with Crippen LogP contribution in [-0.4, -0.2) is 41.5 Å². The largest absolute Gasteiger partial charge is 0.456 e. The van der Waals surface area contributed by atoms with Gasteiger partial charge in [-0.05, 0) is 25.2 Å². The number of nitrogens with zero attached hydrogens (tertiary/aromatic N) is 3. The molecule has 1 saturated heterocycles. The fraction of sp³-hybridized carbons (Fsp3) is 0.571. The van der Waals surface area contributed by atoms with Crippen LogP contribution in [0, 0.1) is 5.92 Å². The van der Waals surface area contributed by atoms with Crippen molar-refractivity contribution in [2.24, 2.45) is 11.7 Å². The van der Waals surface area contributed by atoms with E-state index < -0.39 is 5.91 Å². The van der Waals surface area contributed by atoms with Crippen LogP contribution in [0.2, 0.25) is 0 Å². The third-order valence-electron chi connectivity index (χ3n) is 3.62. The lowest BCUT2D eigenvalue weighted by molar-refractivity contribution is -0.148. The monoisotopic (exact) mass is 292 g/mol. The Bertz CT molecular complexity index is 472. The number of ether oxygens (including phenoxy) is 1. The molecule has 2 N–H and O–H groups in total. The van der Waals surface area contributed by atoms with Crippen LogP contribution in [0.15, 0.2) is 18.6 Å². The maximum atomic E-state index is 11.4. The Kier molecular flexibility index (Phi) is 5.48. The zero-order valence-corrected chi connectivity index (χ0v) is 11.9. The van der Waals surface area contributed by atoms with Gasteiger partial charge in [-0.3, -0.25) is 14.6 Å². The molecule has 1 aromatic heterocycles. The second-order valence-electron chi connectivity index (χ2n) is 5.16. The summed E-state index contributed by atoms with van der Waals surface area (Å²) in [5, 5.41) is 0. The highest BCUT2D eigenvalue weighted by atomic mass is 16.5. The van der Waals surface area contributed by atoms with Gasteiger partial charge < -0.3 is 15.4 Å². The summed E-state index contributed by atoms with van der Waals surface area (Å²) in [6, 6.07) is 0. The summed E-state index contributed by atoms with van der Waals surface area (Å²) in [7, 11) is 0. The molecule has 0 unspecified atom stereocenters. The first-order valence-corrected chi connectivity index (χ1v) is 7.10. The minimum atomic E-state index is -0.624. The zero-order chi connectivity index (χ0) is 15.1. The van der Waals surface area contributed by atoms with Crippen LogP contribution in [0.5, 0.6) is 0 Å². The number of carbonyl (C=O) groups excluding carboxylic acids is 2. The molecule has 2 heterocycles. The van der Waals surface area contributed by atoms with Gasteiger partial charge in [0.2, 0.25) is 0 Å². The SMILES string of the molecule is NC(=O)COC(=O)CCC1CCN(c2cnccn2)CC1. The molecule has 0 spiro atoms. The van der Waals surface area contributed by atoms with Gasteiger partial charge in [-0.15, -0.1) is 0 Å². The third kappa shape index (κ3) is 5.02. The van der Waals surface area contributed by atoms with Gasteiger partial charge in [-0.2, -0.15) is 0 Å². The van der Waals surface area contributed by atoms with E-state index in [2.05, 4.69) is 14.9 Å². The van der Waals surface area contributed by atoms with Gasteiger partial charge in [0.15, 0.2) is 6.61 Å². The summed E-state index contributed by atoms with van der Waals surface area (Å²) in [6.07, 6.45) is 8.26. The summed E-state index contributed by atoms with van der Waals surface area (Å²) in [5.41, 5.74) is 4.92. The molecule has 7 nitrogen and oxygen atoms in total. The highest BCUT2D eigenvalue weighted by molar-refractivity contribution is 5.78. The fourth-order valence-electron chi connectivity index (χ4n) is 2.45. The number of carbonyl (C=O) groups is 2. The third-order valence-corrected chi connectivity index (χ3v) is 3.62. The van der Waals surface area contributed by atoms with Gasteiger partial charge in [0.05, 0.1) is 6.20 Å². The predicted octanol–water partition coefficient (Wildman–Crippen LogP) is 0.502. The van der Waals surface area contributed by atoms with Gasteiger partial charge in [0, 0.05) is 31.9 Å². The molecule has 1 aromatic rings. The Morgan fingerprint density at radius 3 is 2.71 bits per heavy atom. The first-order valence-electron chi connectivity index (χ1n) is 7.10. The van der Waals surface area contributed by atoms with E-state index in [1.807, 2.05) is 0 Å². The van der Waals surface area contributed by atoms with Crippen molar-refractivity contribution in [3.8, 4) is 0 Å². The van der Waals surface area contributed by atoms with Gasteiger partial charge in [0.1, 0.15) is 5.82 Å². The number of aromatic nitrogens is 2. The van der Waals surface area contributed by atoms with E-state index in [0.717, 1.165) is 38.2 Å². The number of piperidine rings is 1. The minimum Gasteiger partial charge on any atom is -0.456 e. The molecule has 0 aliphatic carbocycles. The molecule has 21 heavy (non-hydrogen) atoms. The molecule has 1 aliphatic heterocycles. The van der Waals surface area contributed by atoms with Crippen molar-refractivity contribution in [2.45, 2.75) is 25.7 Å². The average Bonchev–Trinajstić information content (AvgIpc) is 2.52. The lowest BCUT2D eigenvalue weighted by atomic mass is 9.92. The highest BCUT2D eigenvalue weighted by Gasteiger charge is 2.21. The smallest absolute Gasteiger partial charge is 0.306 e. The predicted molar refractivity (Wildman–Crippen MR) is 76.4 cm³/mol. The maximum absolute atomic E-state index is 11.4. The average molecular weight is 292 g/mol. The van der Waals surface area contributed by atoms with E-state index in [1.165, 1.54) is 0 Å². The van der Waals surface area contributed by atoms with Crippen LogP contribution in [0.3, 0.4) is 0 Å². The molecule has 1 amide bonds. The molecular formula is C14H20N4O3. The Hall–Kier alpha value is -2.18. The van der Waals surface area contributed by atoms with E-state index in [-0.39, 0.29) is 12.6 Å². The van der Waals surface area contributed by atoms with Gasteiger partial charge in [-0.25, -0.2) is 4.98 Å². The van der Waals surface area contributed by atoms with Crippen molar-refractivity contribution in [1.29, 1.82) is 0 Å². The van der Waals surface area contributed by atoms with Crippen molar-refractivity contribution in [2.75, 3.05) is 24.6 Å². The molecule has 1 aliphatic rings. The molecule has 0 aromatic carbocycles. The Morgan fingerprint density at radius 1 is 1.33 bits per heavy atom. The van der Waals surface area contributed by atoms with E-state index in [0.29, 0.717) is 12.3 Å². The number of nitrogens with two attached hydrogens (primary N) is 1. The Balaban J connectivity index is 1.67. The van der Waals surface area contributed by atoms with Crippen molar-refractivity contribution in [1.82, 2.24) is 9.97 Å². The number of primary amides is 1. The Morgan fingerprint density at radius 2 is 2.10 bits per heavy atom. The lowest BCUT2D eigenvalue weighted by Crippen LogP contribution is -2.34. The summed E-state index contributed by atoms with van der Waals surface area (Å²) >= 11 is 0. The van der Waals surface area contributed by atoms with Crippen LogP contribution in [0.1, 0.15) is 25.7 Å². The van der Waals surface area contributed by atoms with Gasteiger partial charge >= 0.3 is 5.97 Å². The maximum Gasteiger partial charge on any atom is 0.306 e. The first-order chi connectivity index (χ1) is 10.1. The van der Waals surface area contributed by atoms with Crippen LogP contribution in [0.4, 0.5) is 5.82 Å². The van der Waals surface area contributed by atoms with E-state index >= 15 is 0 Å². The topological polar surface area (TPSA) is 98.4 Å². The summed E-state index contributed by atoms with van der Waals surface area (Å²) < 4.78 is 4.74. The molecule has 0 radical (unpaired) electrons. The first kappa shape index (κ1) is 15.2. The normalized spacial score (nSPS) is 15.7. The molecule has 2 rings (SSSR count). The van der Waals surface area contributed by atoms with Crippen LogP contribution < -0.4 is 10.6 Å². The van der Waals surface area contributed by atoms with Crippen molar-refractivity contribution in [3.63, 3.8) is 0 Å². The summed E-state index contributed by atoms with van der Waals surface area (Å²) in [5.74, 6) is 0.418. The minimum absolute atomic E-state index is 0.329. The quantitative estimate of drug-likeness (QED) is 0.767. The lowest BCUT2D eigenvalue weighted by Gasteiger charge is -2.32.